The normalized spacial score (nSPS) is 36.6. The van der Waals surface area contributed by atoms with Crippen molar-refractivity contribution < 1.29 is 119 Å². The fourth-order valence-corrected chi connectivity index (χ4v) is 6.81. The number of carbonyl (C=O) groups excluding carboxylic acids is 1. The van der Waals surface area contributed by atoms with Crippen LogP contribution in [0.1, 0.15) is 23.7 Å². The Morgan fingerprint density at radius 2 is 1.27 bits per heavy atom. The number of aliphatic hydroxyl groups is 12. The summed E-state index contributed by atoms with van der Waals surface area (Å²) in [4.78, 5) is 23.0. The molecule has 6 rings (SSSR count). The number of hydrogen-bond acceptors (Lipinski definition) is 22. The molecule has 3 saturated heterocycles. The predicted molar refractivity (Wildman–Crippen MR) is 189 cm³/mol. The molecule has 16 unspecified atom stereocenters. The van der Waals surface area contributed by atoms with Crippen molar-refractivity contribution in [2.24, 2.45) is 0 Å². The number of phenols is 2. The van der Waals surface area contributed by atoms with E-state index in [1.54, 1.807) is 0 Å². The number of rotatable bonds is 13. The number of aliphatic carboxylic acids is 1. The second kappa shape index (κ2) is 18.5. The van der Waals surface area contributed by atoms with Crippen LogP contribution in [0.2, 0.25) is 0 Å². The zero-order valence-electron chi connectivity index (χ0n) is 30.9. The monoisotopic (exact) mass is 861 g/mol. The fourth-order valence-electron chi connectivity index (χ4n) is 6.81. The van der Waals surface area contributed by atoms with Crippen molar-refractivity contribution in [2.75, 3.05) is 19.8 Å². The average molecular weight is 862 g/mol. The average Bonchev–Trinajstić information content (AvgIpc) is 3.20. The molecule has 0 aliphatic carbocycles. The Balaban J connectivity index is 1.21. The molecule has 332 valence electrons. The standard InChI is InChI=1S/C36H44O24/c37-8-19-24(45)27(48)29(50)34(57-19)56-17-2-1-11(3-15(17)40)32-16(41)6-13-14(39)4-12(5-18(13)55-32)54-36-31(52)33(26(47)21(59-36)10-53-23(44)7-22(42)43)60-35-30(51)28(49)25(46)20(9-38)58-35/h1-6,19-21,24-41,45-52H,7-10H2,(H,42,43)/p+1. The summed E-state index contributed by atoms with van der Waals surface area (Å²) in [6, 6.07) is 5.98. The van der Waals surface area contributed by atoms with Gasteiger partial charge in [0.2, 0.25) is 12.6 Å². The first kappa shape index (κ1) is 44.9. The molecule has 16 atom stereocenters. The molecule has 0 bridgehead atoms. The van der Waals surface area contributed by atoms with Gasteiger partial charge < -0.3 is 109 Å². The van der Waals surface area contributed by atoms with Crippen molar-refractivity contribution in [1.82, 2.24) is 0 Å². The van der Waals surface area contributed by atoms with E-state index in [-0.39, 0.29) is 28.4 Å². The maximum absolute atomic E-state index is 12.0. The summed E-state index contributed by atoms with van der Waals surface area (Å²) < 4.78 is 42.6. The quantitative estimate of drug-likeness (QED) is 0.0510. The molecule has 2 aromatic carbocycles. The van der Waals surface area contributed by atoms with Crippen molar-refractivity contribution in [1.29, 1.82) is 0 Å². The van der Waals surface area contributed by atoms with E-state index < -0.39 is 154 Å². The van der Waals surface area contributed by atoms with E-state index in [0.29, 0.717) is 0 Å². The van der Waals surface area contributed by atoms with Crippen molar-refractivity contribution in [3.8, 4) is 28.7 Å². The zero-order valence-corrected chi connectivity index (χ0v) is 30.9. The highest BCUT2D eigenvalue weighted by molar-refractivity contribution is 5.90. The number of carboxylic acids is 1. The van der Waals surface area contributed by atoms with Crippen LogP contribution in [0.25, 0.3) is 6.08 Å². The van der Waals surface area contributed by atoms with E-state index in [1.807, 2.05) is 0 Å². The smallest absolute Gasteiger partial charge is 0.317 e. The summed E-state index contributed by atoms with van der Waals surface area (Å²) in [6.07, 6.45) is -27.6. The summed E-state index contributed by atoms with van der Waals surface area (Å²) in [6.45, 7) is -2.39. The van der Waals surface area contributed by atoms with Crippen molar-refractivity contribution in [3.63, 3.8) is 0 Å². The van der Waals surface area contributed by atoms with E-state index in [1.165, 1.54) is 18.2 Å². The molecule has 2 aromatic rings. The lowest BCUT2D eigenvalue weighted by molar-refractivity contribution is -0.353. The van der Waals surface area contributed by atoms with Crippen LogP contribution in [0.15, 0.2) is 36.1 Å². The third-order valence-electron chi connectivity index (χ3n) is 10.1. The van der Waals surface area contributed by atoms with E-state index in [0.717, 1.165) is 18.2 Å². The number of hydrogen-bond donors (Lipinski definition) is 14. The highest BCUT2D eigenvalue weighted by Gasteiger charge is 2.52. The maximum Gasteiger partial charge on any atom is 0.317 e. The van der Waals surface area contributed by atoms with Crippen LogP contribution >= 0.6 is 0 Å². The van der Waals surface area contributed by atoms with Gasteiger partial charge in [-0.3, -0.25) is 9.59 Å². The minimum Gasteiger partial charge on any atom is -0.571 e. The summed E-state index contributed by atoms with van der Waals surface area (Å²) in [5.41, 5.74) is 0.155. The number of aliphatic hydroxyl groups excluding tert-OH is 11. The second-order valence-corrected chi connectivity index (χ2v) is 14.2. The van der Waals surface area contributed by atoms with Gasteiger partial charge in [-0.2, -0.15) is 0 Å². The van der Waals surface area contributed by atoms with Crippen LogP contribution in [0.4, 0.5) is 0 Å². The van der Waals surface area contributed by atoms with E-state index >= 15 is 0 Å². The Labute approximate surface area is 337 Å². The number of carboxylic acid groups (broad SMARTS) is 1. The minimum absolute atomic E-state index is 0.00419. The Morgan fingerprint density at radius 1 is 0.667 bits per heavy atom. The maximum atomic E-state index is 12.0. The Morgan fingerprint density at radius 3 is 1.88 bits per heavy atom. The molecule has 24 nitrogen and oxygen atoms in total. The number of esters is 1. The molecular formula is C36H45O24+. The van der Waals surface area contributed by atoms with Gasteiger partial charge in [0, 0.05) is 12.1 Å². The molecule has 0 spiro atoms. The molecular weight excluding hydrogens is 816 g/mol. The number of fused-ring (bicyclic) bond motifs is 1. The van der Waals surface area contributed by atoms with E-state index in [4.69, 9.17) is 38.3 Å². The third-order valence-corrected chi connectivity index (χ3v) is 10.1. The van der Waals surface area contributed by atoms with E-state index in [9.17, 15) is 76.0 Å². The molecule has 0 radical (unpaired) electrons. The highest BCUT2D eigenvalue weighted by Crippen LogP contribution is 2.45. The van der Waals surface area contributed by atoms with Gasteiger partial charge in [0.05, 0.1) is 24.8 Å². The van der Waals surface area contributed by atoms with Crippen molar-refractivity contribution in [3.05, 3.63) is 47.2 Å². The Kier molecular flexibility index (Phi) is 13.9. The number of benzene rings is 2. The molecule has 0 amide bonds. The molecule has 4 heterocycles. The molecule has 4 aliphatic heterocycles. The van der Waals surface area contributed by atoms with Crippen LogP contribution in [-0.2, 0) is 33.3 Å². The summed E-state index contributed by atoms with van der Waals surface area (Å²) in [5, 5.41) is 144. The first-order chi connectivity index (χ1) is 28.4. The highest BCUT2D eigenvalue weighted by atomic mass is 16.7. The van der Waals surface area contributed by atoms with Crippen LogP contribution < -0.4 is 9.47 Å². The molecule has 0 aromatic heterocycles. The van der Waals surface area contributed by atoms with Crippen LogP contribution in [0.5, 0.6) is 28.7 Å². The third kappa shape index (κ3) is 9.31. The first-order valence-electron chi connectivity index (χ1n) is 18.2. The van der Waals surface area contributed by atoms with Gasteiger partial charge in [-0.15, -0.1) is 0 Å². The minimum atomic E-state index is -2.02. The fraction of sp³-hybridized carbons (Fsp3) is 0.556. The van der Waals surface area contributed by atoms with Gasteiger partial charge in [0.1, 0.15) is 103 Å². The predicted octanol–water partition coefficient (Wildman–Crippen LogP) is -4.80. The Bertz CT molecular complexity index is 1870. The summed E-state index contributed by atoms with van der Waals surface area (Å²) in [5.74, 6) is -4.77. The summed E-state index contributed by atoms with van der Waals surface area (Å²) >= 11 is 0. The van der Waals surface area contributed by atoms with Crippen LogP contribution in [-0.4, -0.2) is 200 Å². The second-order valence-electron chi connectivity index (χ2n) is 14.2. The lowest BCUT2D eigenvalue weighted by Gasteiger charge is -2.46. The molecule has 0 saturated carbocycles. The number of aromatic hydroxyl groups is 3. The van der Waals surface area contributed by atoms with Gasteiger partial charge in [-0.1, -0.05) is 0 Å². The topological polar surface area (TPSA) is 395 Å². The van der Waals surface area contributed by atoms with Crippen LogP contribution in [0.3, 0.4) is 0 Å². The van der Waals surface area contributed by atoms with Gasteiger partial charge in [0.15, 0.2) is 23.5 Å². The largest absolute Gasteiger partial charge is 0.571 e. The van der Waals surface area contributed by atoms with Gasteiger partial charge in [-0.25, -0.2) is 0 Å². The summed E-state index contributed by atoms with van der Waals surface area (Å²) in [7, 11) is 0. The SMILES string of the molecule is O=C(O)CC(=O)OCC1OC(Oc2cc(O)c3c(c2)[OH+]C(c2ccc(OC4OC(CO)C(O)C(O)C4O)c(O)c2)C(O)=C3)C(O)C(OC2OC(CO)C(O)C(O)C2O)C1O. The molecule has 24 heteroatoms. The molecule has 3 fully saturated rings. The molecule has 15 N–H and O–H groups in total. The molecule has 4 aliphatic rings. The Hall–Kier alpha value is -4.64. The number of phenolic OH excluding ortho intramolecular Hbond substituents is 2. The van der Waals surface area contributed by atoms with E-state index in [2.05, 4.69) is 4.74 Å². The van der Waals surface area contributed by atoms with Crippen molar-refractivity contribution >= 4 is 18.0 Å². The lowest BCUT2D eigenvalue weighted by Crippen LogP contribution is -2.65. The zero-order chi connectivity index (χ0) is 43.7. The molecule has 60 heavy (non-hydrogen) atoms. The lowest BCUT2D eigenvalue weighted by atomic mass is 9.97. The number of carbonyl (C=O) groups is 2. The number of ether oxygens (including phenoxy) is 8. The first-order valence-corrected chi connectivity index (χ1v) is 18.2. The van der Waals surface area contributed by atoms with Gasteiger partial charge in [-0.05, 0) is 18.2 Å². The van der Waals surface area contributed by atoms with Gasteiger partial charge in [0.25, 0.3) is 11.9 Å². The van der Waals surface area contributed by atoms with Gasteiger partial charge >= 0.3 is 11.9 Å². The van der Waals surface area contributed by atoms with Crippen LogP contribution in [0, 0.1) is 0 Å². The van der Waals surface area contributed by atoms with Crippen molar-refractivity contribution in [2.45, 2.75) is 105 Å².